The van der Waals surface area contributed by atoms with Crippen LogP contribution < -0.4 is 5.32 Å². The molecule has 1 aromatic carbocycles. The van der Waals surface area contributed by atoms with Gasteiger partial charge in [-0.1, -0.05) is 13.3 Å². The third kappa shape index (κ3) is 3.46. The molecule has 0 aliphatic heterocycles. The van der Waals surface area contributed by atoms with Crippen LogP contribution >= 0.6 is 0 Å². The van der Waals surface area contributed by atoms with E-state index in [0.717, 1.165) is 31.6 Å². The molecule has 0 bridgehead atoms. The average molecular weight is 265 g/mol. The minimum atomic E-state index is -1.03. The number of anilines is 1. The molecule has 4 heteroatoms. The number of halogens is 1. The Labute approximate surface area is 112 Å². The van der Waals surface area contributed by atoms with E-state index in [4.69, 9.17) is 5.11 Å². The minimum absolute atomic E-state index is 0.117. The van der Waals surface area contributed by atoms with Gasteiger partial charge in [0.05, 0.1) is 11.3 Å². The molecule has 104 valence electrons. The van der Waals surface area contributed by atoms with Crippen LogP contribution in [0.3, 0.4) is 0 Å². The minimum Gasteiger partial charge on any atom is -0.478 e. The van der Waals surface area contributed by atoms with E-state index in [9.17, 15) is 9.18 Å². The Morgan fingerprint density at radius 1 is 1.37 bits per heavy atom. The van der Waals surface area contributed by atoms with E-state index in [1.165, 1.54) is 24.6 Å². The number of benzene rings is 1. The molecule has 0 heterocycles. The number of hydrogen-bond acceptors (Lipinski definition) is 2. The number of carbonyl (C=O) groups is 1. The van der Waals surface area contributed by atoms with Crippen LogP contribution in [0.5, 0.6) is 0 Å². The highest BCUT2D eigenvalue weighted by atomic mass is 19.1. The first-order valence-corrected chi connectivity index (χ1v) is 6.89. The second kappa shape index (κ2) is 6.04. The zero-order valence-electron chi connectivity index (χ0n) is 11.2. The van der Waals surface area contributed by atoms with Crippen molar-refractivity contribution in [3.63, 3.8) is 0 Å². The van der Waals surface area contributed by atoms with E-state index < -0.39 is 5.97 Å². The van der Waals surface area contributed by atoms with Gasteiger partial charge in [0.25, 0.3) is 0 Å². The first kappa shape index (κ1) is 13.8. The first-order valence-electron chi connectivity index (χ1n) is 6.89. The number of carboxylic acid groups (broad SMARTS) is 1. The maximum absolute atomic E-state index is 13.7. The van der Waals surface area contributed by atoms with Gasteiger partial charge in [-0.3, -0.25) is 0 Å². The molecule has 1 aromatic rings. The normalized spacial score (nSPS) is 23.1. The smallest absolute Gasteiger partial charge is 0.335 e. The van der Waals surface area contributed by atoms with Crippen LogP contribution in [-0.4, -0.2) is 17.1 Å². The van der Waals surface area contributed by atoms with Crippen LogP contribution in [-0.2, 0) is 0 Å². The number of hydrogen-bond donors (Lipinski definition) is 2. The molecule has 0 aromatic heterocycles. The number of rotatable bonds is 4. The first-order chi connectivity index (χ1) is 9.10. The van der Waals surface area contributed by atoms with Gasteiger partial charge < -0.3 is 10.4 Å². The molecular formula is C15H20FNO2. The third-order valence-corrected chi connectivity index (χ3v) is 4.00. The Kier molecular flexibility index (Phi) is 4.40. The summed E-state index contributed by atoms with van der Waals surface area (Å²) in [6, 6.07) is 4.13. The van der Waals surface area contributed by atoms with Crippen LogP contribution in [0.2, 0.25) is 0 Å². The maximum atomic E-state index is 13.7. The predicted molar refractivity (Wildman–Crippen MR) is 73.0 cm³/mol. The van der Waals surface area contributed by atoms with Crippen LogP contribution in [0, 0.1) is 11.7 Å². The number of aromatic carboxylic acids is 1. The van der Waals surface area contributed by atoms with Crippen molar-refractivity contribution in [2.24, 2.45) is 5.92 Å². The molecule has 0 spiro atoms. The van der Waals surface area contributed by atoms with Gasteiger partial charge in [-0.25, -0.2) is 9.18 Å². The molecule has 1 aliphatic carbocycles. The van der Waals surface area contributed by atoms with Crippen LogP contribution in [0.25, 0.3) is 0 Å². The highest BCUT2D eigenvalue weighted by molar-refractivity contribution is 5.88. The summed E-state index contributed by atoms with van der Waals surface area (Å²) in [5.41, 5.74) is 0.422. The van der Waals surface area contributed by atoms with Gasteiger partial charge >= 0.3 is 5.97 Å². The lowest BCUT2D eigenvalue weighted by Crippen LogP contribution is -2.26. The topological polar surface area (TPSA) is 49.3 Å². The van der Waals surface area contributed by atoms with Gasteiger partial charge in [0.15, 0.2) is 0 Å². The van der Waals surface area contributed by atoms with Crippen molar-refractivity contribution in [2.75, 3.05) is 5.32 Å². The summed E-state index contributed by atoms with van der Waals surface area (Å²) < 4.78 is 13.7. The Morgan fingerprint density at radius 2 is 2.05 bits per heavy atom. The molecule has 1 aliphatic rings. The van der Waals surface area contributed by atoms with Gasteiger partial charge in [0, 0.05) is 6.04 Å². The summed E-state index contributed by atoms with van der Waals surface area (Å²) in [4.78, 5) is 10.9. The molecule has 2 N–H and O–H groups in total. The number of carboxylic acids is 1. The molecule has 2 rings (SSSR count). The van der Waals surface area contributed by atoms with Crippen molar-refractivity contribution in [3.8, 4) is 0 Å². The molecule has 0 radical (unpaired) electrons. The summed E-state index contributed by atoms with van der Waals surface area (Å²) in [5, 5.41) is 12.1. The van der Waals surface area contributed by atoms with Crippen LogP contribution in [0.4, 0.5) is 10.1 Å². The fourth-order valence-electron chi connectivity index (χ4n) is 2.70. The van der Waals surface area contributed by atoms with Crippen molar-refractivity contribution in [3.05, 3.63) is 29.6 Å². The van der Waals surface area contributed by atoms with Crippen molar-refractivity contribution < 1.29 is 14.3 Å². The molecular weight excluding hydrogens is 245 g/mol. The Morgan fingerprint density at radius 3 is 2.63 bits per heavy atom. The van der Waals surface area contributed by atoms with Crippen molar-refractivity contribution >= 4 is 11.7 Å². The summed E-state index contributed by atoms with van der Waals surface area (Å²) in [6.45, 7) is 2.20. The van der Waals surface area contributed by atoms with E-state index >= 15 is 0 Å². The SMILES string of the molecule is CCC1CCC(Nc2cc(C(=O)O)ccc2F)CC1. The molecule has 0 unspecified atom stereocenters. The number of nitrogens with one attached hydrogen (secondary N) is 1. The third-order valence-electron chi connectivity index (χ3n) is 4.00. The zero-order valence-corrected chi connectivity index (χ0v) is 11.2. The summed E-state index contributed by atoms with van der Waals surface area (Å²) in [6.07, 6.45) is 5.57. The molecule has 1 saturated carbocycles. The lowest BCUT2D eigenvalue weighted by Gasteiger charge is -2.29. The second-order valence-electron chi connectivity index (χ2n) is 5.27. The summed E-state index contributed by atoms with van der Waals surface area (Å²) in [7, 11) is 0. The van der Waals surface area contributed by atoms with Gasteiger partial charge in [0.2, 0.25) is 0 Å². The van der Waals surface area contributed by atoms with Gasteiger partial charge in [-0.15, -0.1) is 0 Å². The van der Waals surface area contributed by atoms with E-state index in [-0.39, 0.29) is 17.4 Å². The van der Waals surface area contributed by atoms with E-state index in [2.05, 4.69) is 12.2 Å². The van der Waals surface area contributed by atoms with Crippen LogP contribution in [0.15, 0.2) is 18.2 Å². The fraction of sp³-hybridized carbons (Fsp3) is 0.533. The van der Waals surface area contributed by atoms with Gasteiger partial charge in [0.1, 0.15) is 5.82 Å². The van der Waals surface area contributed by atoms with Crippen molar-refractivity contribution in [1.82, 2.24) is 0 Å². The second-order valence-corrected chi connectivity index (χ2v) is 5.27. The molecule has 3 nitrogen and oxygen atoms in total. The van der Waals surface area contributed by atoms with Crippen molar-refractivity contribution in [2.45, 2.75) is 45.1 Å². The fourth-order valence-corrected chi connectivity index (χ4v) is 2.70. The van der Waals surface area contributed by atoms with E-state index in [0.29, 0.717) is 5.69 Å². The van der Waals surface area contributed by atoms with Crippen molar-refractivity contribution in [1.29, 1.82) is 0 Å². The lowest BCUT2D eigenvalue weighted by molar-refractivity contribution is 0.0697. The standard InChI is InChI=1S/C15H20FNO2/c1-2-10-3-6-12(7-4-10)17-14-9-11(15(18)19)5-8-13(14)16/h5,8-10,12,17H,2-4,6-7H2,1H3,(H,18,19). The van der Waals surface area contributed by atoms with Gasteiger partial charge in [-0.05, 0) is 49.8 Å². The summed E-state index contributed by atoms with van der Waals surface area (Å²) in [5.74, 6) is -0.631. The molecule has 0 saturated heterocycles. The highest BCUT2D eigenvalue weighted by Crippen LogP contribution is 2.29. The van der Waals surface area contributed by atoms with E-state index in [1.807, 2.05) is 0 Å². The largest absolute Gasteiger partial charge is 0.478 e. The Balaban J connectivity index is 2.03. The predicted octanol–water partition coefficient (Wildman–Crippen LogP) is 3.90. The van der Waals surface area contributed by atoms with E-state index in [1.54, 1.807) is 0 Å². The zero-order chi connectivity index (χ0) is 13.8. The highest BCUT2D eigenvalue weighted by Gasteiger charge is 2.20. The molecule has 19 heavy (non-hydrogen) atoms. The molecule has 1 fully saturated rings. The van der Waals surface area contributed by atoms with Crippen LogP contribution in [0.1, 0.15) is 49.4 Å². The molecule has 0 amide bonds. The Hall–Kier alpha value is -1.58. The molecule has 0 atom stereocenters. The Bertz CT molecular complexity index is 453. The maximum Gasteiger partial charge on any atom is 0.335 e. The van der Waals surface area contributed by atoms with Gasteiger partial charge in [-0.2, -0.15) is 0 Å². The monoisotopic (exact) mass is 265 g/mol. The quantitative estimate of drug-likeness (QED) is 0.868. The summed E-state index contributed by atoms with van der Waals surface area (Å²) >= 11 is 0. The average Bonchev–Trinajstić information content (AvgIpc) is 2.42. The lowest BCUT2D eigenvalue weighted by atomic mass is 9.84.